The predicted molar refractivity (Wildman–Crippen MR) is 496 cm³/mol. The second kappa shape index (κ2) is 39.6. The third-order valence-electron chi connectivity index (χ3n) is 24.7. The average Bonchev–Trinajstić information content (AvgIpc) is 1.61. The van der Waals surface area contributed by atoms with E-state index in [2.05, 4.69) is 33.9 Å². The minimum atomic E-state index is -2.19. The van der Waals surface area contributed by atoms with Gasteiger partial charge in [0.1, 0.15) is 45.2 Å². The number of methoxy groups -OCH3 is 2. The maximum atomic E-state index is 14.1. The van der Waals surface area contributed by atoms with Crippen LogP contribution < -0.4 is 22.8 Å². The molecule has 0 saturated heterocycles. The fourth-order valence-electron chi connectivity index (χ4n) is 17.3. The fraction of sp³-hybridized carbons (Fsp3) is 0.542. The number of nitrogens with zero attached hydrogens (tertiary/aromatic N) is 16. The first-order chi connectivity index (χ1) is 62.6. The zero-order valence-corrected chi connectivity index (χ0v) is 81.2. The van der Waals surface area contributed by atoms with Crippen molar-refractivity contribution in [2.45, 2.75) is 274 Å². The Bertz CT molecular complexity index is 5680. The summed E-state index contributed by atoms with van der Waals surface area (Å²) in [6, 6.07) is 38.8. The molecule has 0 aliphatic carbocycles. The standard InChI is InChI=1S/C28H42N4O5Si.2C23H30N4O5.C22H28N4O5/c1-27(2,3)36-26(35)29-14-15-31-22(19-29)23-24(33)30(16-20-12-10-9-11-13-20)17-21(18-32(23)25(31)34)37-38(7,8)28(4,5)6;2*1-23(2,3)32-22(30)24-10-11-26-18(15-24)19-20(28)25(12-16-8-6-5-7-9-16)13-17(31-4)14-27(19)21(26)29;1-22(2,3)31-21(30)23-9-10-25-17(14-23)18-19(28)24(11-15-7-5-4-6-8-15)12-16(27)13-26(18)20(25)29/h9-13,21H,14-19H2,1-8H3;2*5-9,17H,10-15H2,1-4H3;4-8,16,27H,9-14H2,1-3H3. The Morgan fingerprint density at radius 3 is 0.774 bits per heavy atom. The summed E-state index contributed by atoms with van der Waals surface area (Å²) in [7, 11) is 0.992. The van der Waals surface area contributed by atoms with Crippen LogP contribution in [-0.2, 0) is 138 Å². The quantitative estimate of drug-likeness (QED) is 0.0877. The highest BCUT2D eigenvalue weighted by atomic mass is 28.4. The number of carbonyl (C=O) groups excluding carboxylic acids is 8. The number of imidazole rings is 4. The number of hydrogen-bond donors (Lipinski definition) is 1. The van der Waals surface area contributed by atoms with Crippen molar-refractivity contribution in [3.8, 4) is 0 Å². The molecule has 16 rings (SSSR count). The van der Waals surface area contributed by atoms with Crippen LogP contribution in [0.2, 0.25) is 18.1 Å². The lowest BCUT2D eigenvalue weighted by atomic mass is 10.2. The van der Waals surface area contributed by atoms with Gasteiger partial charge in [0.05, 0.1) is 99.5 Å². The van der Waals surface area contributed by atoms with Gasteiger partial charge in [-0.15, -0.1) is 0 Å². The first-order valence-electron chi connectivity index (χ1n) is 45.5. The number of aliphatic hydroxyl groups excluding tert-OH is 1. The van der Waals surface area contributed by atoms with E-state index in [1.165, 1.54) is 23.2 Å². The molecule has 718 valence electrons. The van der Waals surface area contributed by atoms with Crippen molar-refractivity contribution in [3.05, 3.63) is 231 Å². The molecule has 4 aromatic carbocycles. The van der Waals surface area contributed by atoms with Crippen LogP contribution in [0.5, 0.6) is 0 Å². The molecule has 36 nitrogen and oxygen atoms in total. The third kappa shape index (κ3) is 22.9. The molecule has 1 N–H and O–H groups in total. The molecule has 37 heteroatoms. The van der Waals surface area contributed by atoms with Gasteiger partial charge in [-0.25, -0.2) is 38.4 Å². The summed E-state index contributed by atoms with van der Waals surface area (Å²) < 4.78 is 52.4. The number of rotatable bonds is 12. The number of aromatic nitrogens is 8. The van der Waals surface area contributed by atoms with E-state index in [4.69, 9.17) is 32.8 Å². The molecule has 133 heavy (non-hydrogen) atoms. The minimum Gasteiger partial charge on any atom is -0.444 e. The lowest BCUT2D eigenvalue weighted by Gasteiger charge is -2.39. The molecule has 0 bridgehead atoms. The van der Waals surface area contributed by atoms with Crippen LogP contribution in [0.3, 0.4) is 0 Å². The zero-order valence-electron chi connectivity index (χ0n) is 80.2. The highest BCUT2D eigenvalue weighted by molar-refractivity contribution is 6.74. The molecule has 0 radical (unpaired) electrons. The van der Waals surface area contributed by atoms with Crippen molar-refractivity contribution >= 4 is 56.3 Å². The monoisotopic (exact) mass is 1850 g/mol. The number of ether oxygens (including phenoxy) is 6. The van der Waals surface area contributed by atoms with Gasteiger partial charge >= 0.3 is 47.1 Å². The van der Waals surface area contributed by atoms with Gasteiger partial charge in [0.2, 0.25) is 0 Å². The molecular weight excluding hydrogens is 1730 g/mol. The molecular formula is C96H130N16O20Si. The molecule has 8 amide bonds. The fourth-order valence-corrected chi connectivity index (χ4v) is 18.6. The van der Waals surface area contributed by atoms with Crippen molar-refractivity contribution in [2.24, 2.45) is 0 Å². The summed E-state index contributed by atoms with van der Waals surface area (Å²) in [5.74, 6) is -1.00. The van der Waals surface area contributed by atoms with Crippen molar-refractivity contribution in [2.75, 3.05) is 66.6 Å². The van der Waals surface area contributed by atoms with Gasteiger partial charge in [-0.2, -0.15) is 0 Å². The zero-order chi connectivity index (χ0) is 96.5. The van der Waals surface area contributed by atoms with E-state index in [1.54, 1.807) is 87.6 Å². The third-order valence-corrected chi connectivity index (χ3v) is 29.2. The first-order valence-corrected chi connectivity index (χ1v) is 48.4. The number of benzene rings is 4. The lowest BCUT2D eigenvalue weighted by molar-refractivity contribution is 0.0186. The van der Waals surface area contributed by atoms with Gasteiger partial charge in [-0.1, -0.05) is 142 Å². The topological polar surface area (TPSA) is 355 Å². The van der Waals surface area contributed by atoms with Crippen LogP contribution in [-0.4, -0.2) is 251 Å². The highest BCUT2D eigenvalue weighted by Gasteiger charge is 2.46. The normalized spacial score (nSPS) is 18.8. The number of amides is 8. The SMILES string of the molecule is CC(C)(C)OC(=O)N1CCn2c(c3n(c2=O)CC(O)CN(Cc2ccccc2)C3=O)C1.CC(C)(C)OC(=O)N1CCn2c(c3n(c2=O)CC(O[Si](C)(C)C(C)(C)C)CN(Cc2ccccc2)C3=O)C1.COC1CN(Cc2ccccc2)C(=O)c2c3n(c(=O)n2C1)CCN(C(=O)OC(C)(C)C)C3.COC1CN(Cc2ccccc2)C(=O)c2c3n(c(=O)n2C1)CCN(C(=O)OC(C)(C)C)C3. The van der Waals surface area contributed by atoms with E-state index in [-0.39, 0.29) is 134 Å². The molecule has 0 fully saturated rings. The summed E-state index contributed by atoms with van der Waals surface area (Å²) >= 11 is 0. The van der Waals surface area contributed by atoms with Crippen LogP contribution in [0.15, 0.2) is 141 Å². The van der Waals surface area contributed by atoms with E-state index in [0.717, 1.165) is 22.3 Å². The average molecular weight is 1860 g/mol. The summed E-state index contributed by atoms with van der Waals surface area (Å²) in [5, 5.41) is 10.5. The molecule has 8 aliphatic heterocycles. The molecule has 8 aromatic rings. The maximum Gasteiger partial charge on any atom is 0.410 e. The Kier molecular flexibility index (Phi) is 29.3. The summed E-state index contributed by atoms with van der Waals surface area (Å²) in [4.78, 5) is 172. The Balaban J connectivity index is 0.000000151. The van der Waals surface area contributed by atoms with Gasteiger partial charge in [0, 0.05) is 119 Å². The molecule has 12 heterocycles. The second-order valence-electron chi connectivity index (χ2n) is 40.5. The first kappa shape index (κ1) is 98.4. The smallest absolute Gasteiger partial charge is 0.410 e. The predicted octanol–water partition coefficient (Wildman–Crippen LogP) is 10.0. The number of carbonyl (C=O) groups is 8. The molecule has 0 spiro atoms. The number of aliphatic hydroxyl groups is 1. The summed E-state index contributed by atoms with van der Waals surface area (Å²) in [6.07, 6.45) is -3.64. The number of fused-ring (bicyclic) bond motifs is 12. The van der Waals surface area contributed by atoms with E-state index >= 15 is 0 Å². The van der Waals surface area contributed by atoms with Crippen LogP contribution in [0.1, 0.15) is 191 Å². The summed E-state index contributed by atoms with van der Waals surface area (Å²) in [5.41, 5.74) is 3.76. The Morgan fingerprint density at radius 1 is 0.316 bits per heavy atom. The van der Waals surface area contributed by atoms with Crippen molar-refractivity contribution < 1.29 is 76.3 Å². The Morgan fingerprint density at radius 2 is 0.541 bits per heavy atom. The number of β-amino-alcohol motifs (C(OH)–C–C–N with tert-alkyl or cyclic N) is 1. The Hall–Kier alpha value is -12.1. The van der Waals surface area contributed by atoms with Gasteiger partial charge in [-0.05, 0) is 123 Å². The van der Waals surface area contributed by atoms with Gasteiger partial charge in [0.15, 0.2) is 8.32 Å². The molecule has 4 aromatic heterocycles. The van der Waals surface area contributed by atoms with Crippen molar-refractivity contribution in [3.63, 3.8) is 0 Å². The maximum absolute atomic E-state index is 14.1. The van der Waals surface area contributed by atoms with Crippen LogP contribution in [0, 0.1) is 0 Å². The van der Waals surface area contributed by atoms with Gasteiger partial charge < -0.3 is 77.2 Å². The van der Waals surface area contributed by atoms with Gasteiger partial charge in [-0.3, -0.25) is 55.7 Å². The minimum absolute atomic E-state index is 0.0186. The van der Waals surface area contributed by atoms with Crippen LogP contribution in [0.4, 0.5) is 19.2 Å². The lowest BCUT2D eigenvalue weighted by Crippen LogP contribution is -2.48. The molecule has 4 atom stereocenters. The van der Waals surface area contributed by atoms with E-state index in [9.17, 15) is 62.6 Å². The van der Waals surface area contributed by atoms with Crippen LogP contribution >= 0.6 is 0 Å². The van der Waals surface area contributed by atoms with Crippen molar-refractivity contribution in [1.82, 2.24) is 75.7 Å². The summed E-state index contributed by atoms with van der Waals surface area (Å²) in [6.45, 7) is 39.5. The molecule has 0 saturated carbocycles. The van der Waals surface area contributed by atoms with E-state index in [0.29, 0.717) is 138 Å². The second-order valence-corrected chi connectivity index (χ2v) is 45.3. The van der Waals surface area contributed by atoms with Gasteiger partial charge in [0.25, 0.3) is 23.6 Å². The van der Waals surface area contributed by atoms with E-state index < -0.39 is 61.2 Å². The highest BCUT2D eigenvalue weighted by Crippen LogP contribution is 2.39. The van der Waals surface area contributed by atoms with Crippen molar-refractivity contribution in [1.29, 1.82) is 0 Å². The molecule has 4 unspecified atom stereocenters. The van der Waals surface area contributed by atoms with E-state index in [1.807, 2.05) is 184 Å². The number of hydrogen-bond acceptors (Lipinski definition) is 20. The Labute approximate surface area is 775 Å². The largest absolute Gasteiger partial charge is 0.444 e. The van der Waals surface area contributed by atoms with Crippen LogP contribution in [0.25, 0.3) is 0 Å². The molecule has 8 aliphatic rings.